The molecule has 0 aliphatic rings. The van der Waals surface area contributed by atoms with Crippen LogP contribution in [0.4, 0.5) is 10.8 Å². The van der Waals surface area contributed by atoms with Crippen molar-refractivity contribution in [3.8, 4) is 11.4 Å². The molecule has 1 heterocycles. The topological polar surface area (TPSA) is 37.8 Å². The van der Waals surface area contributed by atoms with Crippen molar-refractivity contribution in [1.82, 2.24) is 9.36 Å². The van der Waals surface area contributed by atoms with Crippen LogP contribution in [0.2, 0.25) is 10.0 Å². The molecule has 0 bridgehead atoms. The maximum absolute atomic E-state index is 5.86. The van der Waals surface area contributed by atoms with Gasteiger partial charge in [0.05, 0.1) is 0 Å². The zero-order valence-corrected chi connectivity index (χ0v) is 12.5. The highest BCUT2D eigenvalue weighted by Gasteiger charge is 2.06. The van der Waals surface area contributed by atoms with E-state index in [4.69, 9.17) is 23.2 Å². The molecule has 3 rings (SSSR count). The first kappa shape index (κ1) is 13.4. The van der Waals surface area contributed by atoms with Gasteiger partial charge < -0.3 is 5.32 Å². The molecule has 0 unspecified atom stereocenters. The van der Waals surface area contributed by atoms with Crippen LogP contribution < -0.4 is 5.32 Å². The van der Waals surface area contributed by atoms with E-state index >= 15 is 0 Å². The summed E-state index contributed by atoms with van der Waals surface area (Å²) in [6.45, 7) is 0. The van der Waals surface area contributed by atoms with Crippen molar-refractivity contribution in [1.29, 1.82) is 0 Å². The third-order valence-electron chi connectivity index (χ3n) is 2.62. The third kappa shape index (κ3) is 3.10. The van der Waals surface area contributed by atoms with E-state index in [9.17, 15) is 0 Å². The third-order valence-corrected chi connectivity index (χ3v) is 3.76. The standard InChI is InChI=1S/C14H9Cl2N3S/c15-10-3-1-9(2-4-10)13-18-14(20-19-13)17-12-7-5-11(16)6-8-12/h1-8H,(H,17,18,19). The fraction of sp³-hybridized carbons (Fsp3) is 0. The first-order valence-electron chi connectivity index (χ1n) is 5.83. The van der Waals surface area contributed by atoms with Gasteiger partial charge in [0.2, 0.25) is 5.13 Å². The first-order valence-corrected chi connectivity index (χ1v) is 7.36. The number of hydrogen-bond acceptors (Lipinski definition) is 4. The summed E-state index contributed by atoms with van der Waals surface area (Å²) in [7, 11) is 0. The van der Waals surface area contributed by atoms with E-state index in [-0.39, 0.29) is 0 Å². The molecule has 1 aromatic heterocycles. The minimum Gasteiger partial charge on any atom is -0.330 e. The van der Waals surface area contributed by atoms with Gasteiger partial charge in [-0.15, -0.1) is 0 Å². The number of anilines is 2. The van der Waals surface area contributed by atoms with E-state index in [1.54, 1.807) is 0 Å². The second-order valence-electron chi connectivity index (χ2n) is 4.06. The lowest BCUT2D eigenvalue weighted by Crippen LogP contribution is -1.89. The summed E-state index contributed by atoms with van der Waals surface area (Å²) < 4.78 is 4.33. The minimum absolute atomic E-state index is 0.683. The van der Waals surface area contributed by atoms with Gasteiger partial charge in [-0.25, -0.2) is 0 Å². The predicted octanol–water partition coefficient (Wildman–Crippen LogP) is 5.26. The molecular weight excluding hydrogens is 313 g/mol. The Morgan fingerprint density at radius 3 is 2.10 bits per heavy atom. The van der Waals surface area contributed by atoms with Crippen LogP contribution >= 0.6 is 34.7 Å². The Kier molecular flexibility index (Phi) is 3.87. The average Bonchev–Trinajstić information content (AvgIpc) is 2.91. The molecule has 0 saturated carbocycles. The zero-order valence-electron chi connectivity index (χ0n) is 10.2. The Morgan fingerprint density at radius 2 is 1.45 bits per heavy atom. The highest BCUT2D eigenvalue weighted by Crippen LogP contribution is 2.25. The monoisotopic (exact) mass is 321 g/mol. The molecule has 3 nitrogen and oxygen atoms in total. The normalized spacial score (nSPS) is 10.5. The fourth-order valence-electron chi connectivity index (χ4n) is 1.65. The molecule has 0 fully saturated rings. The molecule has 0 aliphatic heterocycles. The van der Waals surface area contributed by atoms with Gasteiger partial charge >= 0.3 is 0 Å². The molecular formula is C14H9Cl2N3S. The summed E-state index contributed by atoms with van der Waals surface area (Å²) in [4.78, 5) is 4.45. The maximum atomic E-state index is 5.86. The van der Waals surface area contributed by atoms with Crippen molar-refractivity contribution in [3.05, 3.63) is 58.6 Å². The van der Waals surface area contributed by atoms with Gasteiger partial charge in [0, 0.05) is 32.8 Å². The van der Waals surface area contributed by atoms with E-state index in [0.717, 1.165) is 16.4 Å². The molecule has 0 amide bonds. The number of rotatable bonds is 3. The highest BCUT2D eigenvalue weighted by molar-refractivity contribution is 7.09. The van der Waals surface area contributed by atoms with Crippen LogP contribution in [0.15, 0.2) is 48.5 Å². The Morgan fingerprint density at radius 1 is 0.850 bits per heavy atom. The summed E-state index contributed by atoms with van der Waals surface area (Å²) >= 11 is 13.0. The molecule has 1 N–H and O–H groups in total. The van der Waals surface area contributed by atoms with Gasteiger partial charge in [-0.1, -0.05) is 23.2 Å². The molecule has 6 heteroatoms. The van der Waals surface area contributed by atoms with E-state index in [0.29, 0.717) is 15.9 Å². The van der Waals surface area contributed by atoms with Gasteiger partial charge in [-0.3, -0.25) is 0 Å². The number of benzene rings is 2. The van der Waals surface area contributed by atoms with Crippen LogP contribution in [0, 0.1) is 0 Å². The van der Waals surface area contributed by atoms with E-state index in [1.807, 2.05) is 48.5 Å². The van der Waals surface area contributed by atoms with Gasteiger partial charge in [0.1, 0.15) is 0 Å². The van der Waals surface area contributed by atoms with Crippen molar-refractivity contribution >= 4 is 45.6 Å². The Bertz CT molecular complexity index is 708. The average molecular weight is 322 g/mol. The summed E-state index contributed by atoms with van der Waals surface area (Å²) in [5.74, 6) is 0.683. The summed E-state index contributed by atoms with van der Waals surface area (Å²) in [5.41, 5.74) is 1.86. The van der Waals surface area contributed by atoms with Crippen molar-refractivity contribution in [3.63, 3.8) is 0 Å². The lowest BCUT2D eigenvalue weighted by atomic mass is 10.2. The van der Waals surface area contributed by atoms with Crippen LogP contribution in [-0.4, -0.2) is 9.36 Å². The summed E-state index contributed by atoms with van der Waals surface area (Å²) in [5, 5.41) is 5.33. The van der Waals surface area contributed by atoms with Gasteiger partial charge in [0.25, 0.3) is 0 Å². The molecule has 0 spiro atoms. The molecule has 20 heavy (non-hydrogen) atoms. The second kappa shape index (κ2) is 5.79. The van der Waals surface area contributed by atoms with Gasteiger partial charge in [0.15, 0.2) is 5.82 Å². The molecule has 0 saturated heterocycles. The minimum atomic E-state index is 0.683. The quantitative estimate of drug-likeness (QED) is 0.715. The van der Waals surface area contributed by atoms with Crippen LogP contribution in [0.5, 0.6) is 0 Å². The number of nitrogens with one attached hydrogen (secondary N) is 1. The van der Waals surface area contributed by atoms with Crippen LogP contribution in [-0.2, 0) is 0 Å². The van der Waals surface area contributed by atoms with Crippen molar-refractivity contribution in [2.24, 2.45) is 0 Å². The van der Waals surface area contributed by atoms with E-state index in [1.165, 1.54) is 11.5 Å². The zero-order chi connectivity index (χ0) is 13.9. The van der Waals surface area contributed by atoms with Crippen molar-refractivity contribution < 1.29 is 0 Å². The fourth-order valence-corrected chi connectivity index (χ4v) is 2.51. The SMILES string of the molecule is Clc1ccc(Nc2nc(-c3ccc(Cl)cc3)ns2)cc1. The first-order chi connectivity index (χ1) is 9.70. The smallest absolute Gasteiger partial charge is 0.207 e. The molecule has 0 radical (unpaired) electrons. The van der Waals surface area contributed by atoms with E-state index in [2.05, 4.69) is 14.7 Å². The number of aromatic nitrogens is 2. The maximum Gasteiger partial charge on any atom is 0.207 e. The lowest BCUT2D eigenvalue weighted by molar-refractivity contribution is 1.32. The Labute approximate surface area is 130 Å². The largest absolute Gasteiger partial charge is 0.330 e. The van der Waals surface area contributed by atoms with Gasteiger partial charge in [-0.05, 0) is 48.5 Å². The predicted molar refractivity (Wildman–Crippen MR) is 85.1 cm³/mol. The van der Waals surface area contributed by atoms with Crippen LogP contribution in [0.1, 0.15) is 0 Å². The number of hydrogen-bond donors (Lipinski definition) is 1. The Hall–Kier alpha value is -1.62. The van der Waals surface area contributed by atoms with Gasteiger partial charge in [-0.2, -0.15) is 9.36 Å². The second-order valence-corrected chi connectivity index (χ2v) is 5.69. The van der Waals surface area contributed by atoms with Crippen LogP contribution in [0.3, 0.4) is 0 Å². The van der Waals surface area contributed by atoms with Crippen molar-refractivity contribution in [2.75, 3.05) is 5.32 Å². The lowest BCUT2D eigenvalue weighted by Gasteiger charge is -2.01. The summed E-state index contributed by atoms with van der Waals surface area (Å²) in [6.07, 6.45) is 0. The van der Waals surface area contributed by atoms with Crippen LogP contribution in [0.25, 0.3) is 11.4 Å². The number of nitrogens with zero attached hydrogens (tertiary/aromatic N) is 2. The highest BCUT2D eigenvalue weighted by atomic mass is 35.5. The van der Waals surface area contributed by atoms with Crippen molar-refractivity contribution in [2.45, 2.75) is 0 Å². The number of halogens is 2. The molecule has 2 aromatic carbocycles. The Balaban J connectivity index is 1.80. The molecule has 0 aliphatic carbocycles. The molecule has 100 valence electrons. The summed E-state index contributed by atoms with van der Waals surface area (Å²) in [6, 6.07) is 14.9. The molecule has 0 atom stereocenters. The van der Waals surface area contributed by atoms with E-state index < -0.39 is 0 Å². The molecule has 3 aromatic rings.